The molecule has 0 saturated heterocycles. The Morgan fingerprint density at radius 1 is 1.08 bits per heavy atom. The number of halogens is 1. The van der Waals surface area contributed by atoms with Gasteiger partial charge in [-0.15, -0.1) is 0 Å². The standard InChI is InChI=1S/C18H15ClN2O2S/c1-10-6-5-7-11(2)15(10)21-17(22)14(19)16-18(23)20-12-8-3-4-9-13(12)24-16/h3-9H,1-2H3,(H,20,23)(H,21,22). The molecule has 24 heavy (non-hydrogen) atoms. The SMILES string of the molecule is Cc1cccc(C)c1NC(=O)C(Cl)=C1Sc2ccccc2NC1=O. The molecule has 3 rings (SSSR count). The Morgan fingerprint density at radius 3 is 2.46 bits per heavy atom. The summed E-state index contributed by atoms with van der Waals surface area (Å²) in [7, 11) is 0. The summed E-state index contributed by atoms with van der Waals surface area (Å²) in [6, 6.07) is 13.1. The molecule has 0 saturated carbocycles. The first-order valence-electron chi connectivity index (χ1n) is 7.33. The van der Waals surface area contributed by atoms with Crippen molar-refractivity contribution in [3.63, 3.8) is 0 Å². The minimum absolute atomic E-state index is 0.116. The lowest BCUT2D eigenvalue weighted by molar-refractivity contribution is -0.114. The molecule has 2 amide bonds. The van der Waals surface area contributed by atoms with Gasteiger partial charge in [-0.25, -0.2) is 0 Å². The van der Waals surface area contributed by atoms with E-state index in [1.807, 2.05) is 56.3 Å². The maximum absolute atomic E-state index is 12.5. The second-order valence-corrected chi connectivity index (χ2v) is 6.85. The molecule has 4 nitrogen and oxygen atoms in total. The van der Waals surface area contributed by atoms with Crippen LogP contribution >= 0.6 is 23.4 Å². The van der Waals surface area contributed by atoms with E-state index in [4.69, 9.17) is 11.6 Å². The number of benzene rings is 2. The van der Waals surface area contributed by atoms with E-state index in [0.29, 0.717) is 5.69 Å². The number of anilines is 2. The van der Waals surface area contributed by atoms with Crippen LogP contribution in [0.2, 0.25) is 0 Å². The van der Waals surface area contributed by atoms with E-state index < -0.39 is 5.91 Å². The normalized spacial score (nSPS) is 15.4. The molecule has 1 aliphatic heterocycles. The van der Waals surface area contributed by atoms with Crippen molar-refractivity contribution in [2.75, 3.05) is 10.6 Å². The Hall–Kier alpha value is -2.24. The van der Waals surface area contributed by atoms with Gasteiger partial charge < -0.3 is 10.6 Å². The fourth-order valence-corrected chi connectivity index (χ4v) is 3.59. The summed E-state index contributed by atoms with van der Waals surface area (Å²) in [4.78, 5) is 25.8. The molecule has 0 radical (unpaired) electrons. The molecular weight excluding hydrogens is 344 g/mol. The quantitative estimate of drug-likeness (QED) is 0.780. The van der Waals surface area contributed by atoms with Crippen LogP contribution in [0.1, 0.15) is 11.1 Å². The number of carbonyl (C=O) groups is 2. The van der Waals surface area contributed by atoms with Crippen LogP contribution in [-0.4, -0.2) is 11.8 Å². The zero-order valence-electron chi connectivity index (χ0n) is 13.1. The summed E-state index contributed by atoms with van der Waals surface area (Å²) in [5.41, 5.74) is 3.30. The molecule has 2 aromatic carbocycles. The van der Waals surface area contributed by atoms with Crippen molar-refractivity contribution in [2.45, 2.75) is 18.7 Å². The smallest absolute Gasteiger partial charge is 0.268 e. The third-order valence-electron chi connectivity index (χ3n) is 3.67. The third kappa shape index (κ3) is 3.18. The third-order valence-corrected chi connectivity index (χ3v) is 5.31. The second-order valence-electron chi connectivity index (χ2n) is 5.42. The van der Waals surface area contributed by atoms with E-state index in [9.17, 15) is 9.59 Å². The second kappa shape index (κ2) is 6.71. The minimum atomic E-state index is -0.494. The Labute approximate surface area is 149 Å². The van der Waals surface area contributed by atoms with Crippen LogP contribution in [0.4, 0.5) is 11.4 Å². The number of carbonyl (C=O) groups excluding carboxylic acids is 2. The van der Waals surface area contributed by atoms with Crippen LogP contribution in [0.25, 0.3) is 0 Å². The largest absolute Gasteiger partial charge is 0.321 e. The molecule has 0 aliphatic carbocycles. The molecule has 6 heteroatoms. The van der Waals surface area contributed by atoms with Gasteiger partial charge in [0.05, 0.1) is 5.69 Å². The average molecular weight is 359 g/mol. The molecular formula is C18H15ClN2O2S. The van der Waals surface area contributed by atoms with E-state index in [1.54, 1.807) is 0 Å². The molecule has 0 atom stereocenters. The summed E-state index contributed by atoms with van der Waals surface area (Å²) in [5, 5.41) is 5.43. The fraction of sp³-hybridized carbons (Fsp3) is 0.111. The lowest BCUT2D eigenvalue weighted by Gasteiger charge is -2.19. The summed E-state index contributed by atoms with van der Waals surface area (Å²) in [6.45, 7) is 3.81. The summed E-state index contributed by atoms with van der Waals surface area (Å²) >= 11 is 7.41. The summed E-state index contributed by atoms with van der Waals surface area (Å²) in [6.07, 6.45) is 0. The van der Waals surface area contributed by atoms with Gasteiger partial charge in [-0.3, -0.25) is 9.59 Å². The molecule has 2 aromatic rings. The minimum Gasteiger partial charge on any atom is -0.321 e. The highest BCUT2D eigenvalue weighted by Crippen LogP contribution is 2.40. The predicted molar refractivity (Wildman–Crippen MR) is 98.4 cm³/mol. The van der Waals surface area contributed by atoms with Crippen LogP contribution in [0.15, 0.2) is 57.3 Å². The van der Waals surface area contributed by atoms with Crippen molar-refractivity contribution in [2.24, 2.45) is 0 Å². The highest BCUT2D eigenvalue weighted by atomic mass is 35.5. The zero-order chi connectivity index (χ0) is 17.3. The number of rotatable bonds is 2. The van der Waals surface area contributed by atoms with Gasteiger partial charge in [0, 0.05) is 10.6 Å². The number of nitrogens with one attached hydrogen (secondary N) is 2. The van der Waals surface area contributed by atoms with Gasteiger partial charge in [0.15, 0.2) is 0 Å². The number of thioether (sulfide) groups is 1. The van der Waals surface area contributed by atoms with Crippen LogP contribution < -0.4 is 10.6 Å². The van der Waals surface area contributed by atoms with Crippen LogP contribution in [0, 0.1) is 13.8 Å². The first kappa shape index (κ1) is 16.6. The van der Waals surface area contributed by atoms with E-state index in [0.717, 1.165) is 21.7 Å². The van der Waals surface area contributed by atoms with Gasteiger partial charge in [-0.05, 0) is 37.1 Å². The van der Waals surface area contributed by atoms with Crippen LogP contribution in [0.5, 0.6) is 0 Å². The molecule has 1 aliphatic rings. The molecule has 0 spiro atoms. The van der Waals surface area contributed by atoms with Gasteiger partial charge in [0.1, 0.15) is 9.94 Å². The average Bonchev–Trinajstić information content (AvgIpc) is 2.57. The fourth-order valence-electron chi connectivity index (χ4n) is 2.42. The predicted octanol–water partition coefficient (Wildman–Crippen LogP) is 4.44. The number of amides is 2. The van der Waals surface area contributed by atoms with Crippen molar-refractivity contribution in [1.82, 2.24) is 0 Å². The van der Waals surface area contributed by atoms with Crippen molar-refractivity contribution < 1.29 is 9.59 Å². The molecule has 0 fully saturated rings. The number of para-hydroxylation sites is 2. The summed E-state index contributed by atoms with van der Waals surface area (Å²) < 4.78 is 0. The monoisotopic (exact) mass is 358 g/mol. The van der Waals surface area contributed by atoms with Crippen LogP contribution in [0.3, 0.4) is 0 Å². The van der Waals surface area contributed by atoms with Gasteiger partial charge in [0.2, 0.25) is 0 Å². The van der Waals surface area contributed by atoms with Crippen molar-refractivity contribution in [1.29, 1.82) is 0 Å². The van der Waals surface area contributed by atoms with Gasteiger partial charge >= 0.3 is 0 Å². The Kier molecular flexibility index (Phi) is 4.64. The number of hydrogen-bond donors (Lipinski definition) is 2. The molecule has 2 N–H and O–H groups in total. The van der Waals surface area contributed by atoms with Gasteiger partial charge in [-0.1, -0.05) is 53.7 Å². The number of hydrogen-bond acceptors (Lipinski definition) is 3. The van der Waals surface area contributed by atoms with E-state index in [1.165, 1.54) is 11.8 Å². The number of fused-ring (bicyclic) bond motifs is 1. The summed E-state index contributed by atoms with van der Waals surface area (Å²) in [5.74, 6) is -0.869. The molecule has 1 heterocycles. The van der Waals surface area contributed by atoms with E-state index in [-0.39, 0.29) is 15.8 Å². The van der Waals surface area contributed by atoms with Crippen molar-refractivity contribution in [3.05, 3.63) is 63.5 Å². The highest BCUT2D eigenvalue weighted by molar-refractivity contribution is 8.04. The topological polar surface area (TPSA) is 58.2 Å². The van der Waals surface area contributed by atoms with Crippen molar-refractivity contribution >= 4 is 46.6 Å². The first-order valence-corrected chi connectivity index (χ1v) is 8.52. The van der Waals surface area contributed by atoms with E-state index >= 15 is 0 Å². The van der Waals surface area contributed by atoms with Crippen molar-refractivity contribution in [3.8, 4) is 0 Å². The lowest BCUT2D eigenvalue weighted by Crippen LogP contribution is -2.22. The van der Waals surface area contributed by atoms with Gasteiger partial charge in [-0.2, -0.15) is 0 Å². The highest BCUT2D eigenvalue weighted by Gasteiger charge is 2.26. The first-order chi connectivity index (χ1) is 11.5. The molecule has 122 valence electrons. The van der Waals surface area contributed by atoms with Gasteiger partial charge in [0.25, 0.3) is 11.8 Å². The Balaban J connectivity index is 1.90. The number of aryl methyl sites for hydroxylation is 2. The maximum Gasteiger partial charge on any atom is 0.268 e. The maximum atomic E-state index is 12.5. The van der Waals surface area contributed by atoms with Crippen LogP contribution in [-0.2, 0) is 9.59 Å². The molecule has 0 unspecified atom stereocenters. The Morgan fingerprint density at radius 2 is 1.75 bits per heavy atom. The van der Waals surface area contributed by atoms with E-state index in [2.05, 4.69) is 10.6 Å². The molecule has 0 bridgehead atoms. The molecule has 0 aromatic heterocycles. The Bertz CT molecular complexity index is 857. The zero-order valence-corrected chi connectivity index (χ0v) is 14.7. The lowest BCUT2D eigenvalue weighted by atomic mass is 10.1.